The van der Waals surface area contributed by atoms with Crippen LogP contribution in [-0.4, -0.2) is 18.6 Å². The summed E-state index contributed by atoms with van der Waals surface area (Å²) < 4.78 is 0. The van der Waals surface area contributed by atoms with Crippen molar-refractivity contribution in [1.29, 1.82) is 0 Å². The zero-order valence-electron chi connectivity index (χ0n) is 13.6. The van der Waals surface area contributed by atoms with E-state index in [0.29, 0.717) is 0 Å². The zero-order valence-corrected chi connectivity index (χ0v) is 13.6. The van der Waals surface area contributed by atoms with E-state index in [2.05, 4.69) is 43.0 Å². The number of rotatable bonds is 5. The number of hydrogen-bond acceptors (Lipinski definition) is 2. The van der Waals surface area contributed by atoms with Gasteiger partial charge in [-0.1, -0.05) is 25.0 Å². The average molecular weight is 286 g/mol. The molecule has 0 amide bonds. The summed E-state index contributed by atoms with van der Waals surface area (Å²) in [6, 6.07) is 8.94. The summed E-state index contributed by atoms with van der Waals surface area (Å²) in [4.78, 5) is 2.61. The highest BCUT2D eigenvalue weighted by Crippen LogP contribution is 2.48. The molecule has 2 N–H and O–H groups in total. The molecule has 0 heterocycles. The Kier molecular flexibility index (Phi) is 4.26. The third kappa shape index (κ3) is 2.96. The maximum atomic E-state index is 6.33. The first-order valence-electron chi connectivity index (χ1n) is 8.73. The highest BCUT2D eigenvalue weighted by atomic mass is 15.2. The van der Waals surface area contributed by atoms with Crippen LogP contribution < -0.4 is 10.6 Å². The minimum Gasteiger partial charge on any atom is -0.365 e. The van der Waals surface area contributed by atoms with Gasteiger partial charge in [0.05, 0.1) is 5.54 Å². The molecule has 21 heavy (non-hydrogen) atoms. The van der Waals surface area contributed by atoms with Gasteiger partial charge in [0.25, 0.3) is 0 Å². The molecule has 2 aliphatic rings. The average Bonchev–Trinajstić information content (AvgIpc) is 3.33. The molecule has 2 unspecified atom stereocenters. The molecule has 0 saturated heterocycles. The van der Waals surface area contributed by atoms with E-state index in [9.17, 15) is 0 Å². The van der Waals surface area contributed by atoms with E-state index in [4.69, 9.17) is 5.73 Å². The first-order valence-corrected chi connectivity index (χ1v) is 8.73. The molecule has 3 rings (SSSR count). The van der Waals surface area contributed by atoms with Crippen molar-refractivity contribution in [2.45, 2.75) is 57.9 Å². The third-order valence-electron chi connectivity index (χ3n) is 5.73. The number of hydrogen-bond donors (Lipinski definition) is 1. The van der Waals surface area contributed by atoms with Gasteiger partial charge in [0.15, 0.2) is 0 Å². The van der Waals surface area contributed by atoms with Crippen molar-refractivity contribution >= 4 is 5.69 Å². The molecule has 2 fully saturated rings. The molecule has 116 valence electrons. The molecule has 2 heteroatoms. The Labute approximate surface area is 129 Å². The smallest absolute Gasteiger partial charge is 0.0526 e. The van der Waals surface area contributed by atoms with Gasteiger partial charge in [0, 0.05) is 18.8 Å². The maximum absolute atomic E-state index is 6.33. The quantitative estimate of drug-likeness (QED) is 0.882. The summed E-state index contributed by atoms with van der Waals surface area (Å²) >= 11 is 0. The van der Waals surface area contributed by atoms with E-state index >= 15 is 0 Å². The molecular weight excluding hydrogens is 256 g/mol. The van der Waals surface area contributed by atoms with Crippen LogP contribution in [0.3, 0.4) is 0 Å². The van der Waals surface area contributed by atoms with Crippen molar-refractivity contribution in [3.05, 3.63) is 29.8 Å². The normalized spacial score (nSPS) is 29.4. The summed E-state index contributed by atoms with van der Waals surface area (Å²) in [5.41, 5.74) is 9.22. The molecule has 2 atom stereocenters. The Balaban J connectivity index is 1.87. The van der Waals surface area contributed by atoms with Crippen molar-refractivity contribution in [2.75, 3.05) is 18.0 Å². The van der Waals surface area contributed by atoms with E-state index < -0.39 is 0 Å². The van der Waals surface area contributed by atoms with E-state index in [-0.39, 0.29) is 5.54 Å². The standard InChI is InChI=1S/C19H30N2/c1-3-21(18-8-4-6-15(2)12-18)19(14-20)11-5-7-17(13-19)16-9-10-16/h4,6,8,12,16-17H,3,5,7,9-11,13-14,20H2,1-2H3. The van der Waals surface area contributed by atoms with Gasteiger partial charge < -0.3 is 10.6 Å². The molecule has 2 nitrogen and oxygen atoms in total. The molecule has 0 aliphatic heterocycles. The van der Waals surface area contributed by atoms with E-state index in [1.807, 2.05) is 0 Å². The van der Waals surface area contributed by atoms with Crippen LogP contribution in [0.1, 0.15) is 51.0 Å². The largest absolute Gasteiger partial charge is 0.365 e. The van der Waals surface area contributed by atoms with Crippen molar-refractivity contribution in [3.63, 3.8) is 0 Å². The minimum atomic E-state index is 0.189. The Morgan fingerprint density at radius 2 is 2.05 bits per heavy atom. The van der Waals surface area contributed by atoms with Gasteiger partial charge in [-0.05, 0) is 69.1 Å². The molecular formula is C19H30N2. The predicted octanol–water partition coefficient (Wildman–Crippen LogP) is 4.12. The lowest BCUT2D eigenvalue weighted by atomic mass is 9.72. The lowest BCUT2D eigenvalue weighted by Gasteiger charge is -2.49. The fourth-order valence-corrected chi connectivity index (χ4v) is 4.48. The first kappa shape index (κ1) is 14.9. The van der Waals surface area contributed by atoms with Gasteiger partial charge in [-0.25, -0.2) is 0 Å². The monoisotopic (exact) mass is 286 g/mol. The summed E-state index contributed by atoms with van der Waals surface area (Å²) in [7, 11) is 0. The second-order valence-electron chi connectivity index (χ2n) is 7.21. The second-order valence-corrected chi connectivity index (χ2v) is 7.21. The summed E-state index contributed by atoms with van der Waals surface area (Å²) in [5.74, 6) is 1.92. The third-order valence-corrected chi connectivity index (χ3v) is 5.73. The van der Waals surface area contributed by atoms with Crippen LogP contribution in [-0.2, 0) is 0 Å². The fraction of sp³-hybridized carbons (Fsp3) is 0.684. The van der Waals surface area contributed by atoms with Gasteiger partial charge in [-0.3, -0.25) is 0 Å². The van der Waals surface area contributed by atoms with Crippen LogP contribution in [0.2, 0.25) is 0 Å². The Bertz CT molecular complexity index is 480. The van der Waals surface area contributed by atoms with Crippen molar-refractivity contribution < 1.29 is 0 Å². The SMILES string of the molecule is CCN(c1cccc(C)c1)C1(CN)CCCC(C2CC2)C1. The van der Waals surface area contributed by atoms with Gasteiger partial charge in [-0.15, -0.1) is 0 Å². The topological polar surface area (TPSA) is 29.3 Å². The van der Waals surface area contributed by atoms with Crippen molar-refractivity contribution in [2.24, 2.45) is 17.6 Å². The lowest BCUT2D eigenvalue weighted by molar-refractivity contribution is 0.200. The van der Waals surface area contributed by atoms with Crippen LogP contribution in [0.4, 0.5) is 5.69 Å². The first-order chi connectivity index (χ1) is 10.2. The highest BCUT2D eigenvalue weighted by Gasteiger charge is 2.44. The lowest BCUT2D eigenvalue weighted by Crippen LogP contribution is -2.57. The molecule has 0 bridgehead atoms. The van der Waals surface area contributed by atoms with Crippen molar-refractivity contribution in [1.82, 2.24) is 0 Å². The Morgan fingerprint density at radius 1 is 1.24 bits per heavy atom. The molecule has 2 saturated carbocycles. The number of likely N-dealkylation sites (N-methyl/N-ethyl adjacent to an activating group) is 1. The minimum absolute atomic E-state index is 0.189. The number of benzene rings is 1. The zero-order chi connectivity index (χ0) is 14.9. The molecule has 0 radical (unpaired) electrons. The maximum Gasteiger partial charge on any atom is 0.0526 e. The van der Waals surface area contributed by atoms with Gasteiger partial charge >= 0.3 is 0 Å². The van der Waals surface area contributed by atoms with Crippen LogP contribution >= 0.6 is 0 Å². The summed E-state index contributed by atoms with van der Waals surface area (Å²) in [6.07, 6.45) is 8.26. The number of nitrogens with zero attached hydrogens (tertiary/aromatic N) is 1. The van der Waals surface area contributed by atoms with E-state index in [1.54, 1.807) is 0 Å². The number of nitrogens with two attached hydrogens (primary N) is 1. The van der Waals surface area contributed by atoms with Gasteiger partial charge in [0.1, 0.15) is 0 Å². The summed E-state index contributed by atoms with van der Waals surface area (Å²) in [5, 5.41) is 0. The van der Waals surface area contributed by atoms with Crippen LogP contribution in [0.25, 0.3) is 0 Å². The molecule has 0 spiro atoms. The highest BCUT2D eigenvalue weighted by molar-refractivity contribution is 5.51. The molecule has 0 aromatic heterocycles. The van der Waals surface area contributed by atoms with E-state index in [0.717, 1.165) is 24.9 Å². The van der Waals surface area contributed by atoms with Crippen LogP contribution in [0.5, 0.6) is 0 Å². The van der Waals surface area contributed by atoms with Gasteiger partial charge in [0.2, 0.25) is 0 Å². The van der Waals surface area contributed by atoms with E-state index in [1.165, 1.54) is 49.8 Å². The van der Waals surface area contributed by atoms with Gasteiger partial charge in [-0.2, -0.15) is 0 Å². The van der Waals surface area contributed by atoms with Crippen molar-refractivity contribution in [3.8, 4) is 0 Å². The molecule has 1 aromatic carbocycles. The predicted molar refractivity (Wildman–Crippen MR) is 90.7 cm³/mol. The van der Waals surface area contributed by atoms with Crippen LogP contribution in [0, 0.1) is 18.8 Å². The Morgan fingerprint density at radius 3 is 2.67 bits per heavy atom. The number of anilines is 1. The second kappa shape index (κ2) is 6.00. The Hall–Kier alpha value is -1.02. The molecule has 2 aliphatic carbocycles. The van der Waals surface area contributed by atoms with Crippen LogP contribution in [0.15, 0.2) is 24.3 Å². The fourth-order valence-electron chi connectivity index (χ4n) is 4.48. The molecule has 1 aromatic rings. The number of aryl methyl sites for hydroxylation is 1. The summed E-state index contributed by atoms with van der Waals surface area (Å²) in [6.45, 7) is 6.30.